The summed E-state index contributed by atoms with van der Waals surface area (Å²) < 4.78 is 33.9. The molecule has 1 atom stereocenters. The van der Waals surface area contributed by atoms with Crippen molar-refractivity contribution in [3.8, 4) is 11.5 Å². The molecule has 0 fully saturated rings. The summed E-state index contributed by atoms with van der Waals surface area (Å²) in [6.07, 6.45) is 1.53. The van der Waals surface area contributed by atoms with Gasteiger partial charge in [0.2, 0.25) is 0 Å². The summed E-state index contributed by atoms with van der Waals surface area (Å²) in [4.78, 5) is 0. The molecule has 1 heterocycles. The molecule has 0 saturated carbocycles. The predicted molar refractivity (Wildman–Crippen MR) is 79.9 cm³/mol. The number of halogens is 2. The first kappa shape index (κ1) is 14.7. The fraction of sp³-hybridized carbons (Fsp3) is 0.222. The van der Waals surface area contributed by atoms with Crippen LogP contribution < -0.4 is 4.74 Å². The molecule has 0 amide bonds. The van der Waals surface area contributed by atoms with Gasteiger partial charge in [0.05, 0.1) is 5.56 Å². The van der Waals surface area contributed by atoms with Gasteiger partial charge in [0, 0.05) is 11.0 Å². The summed E-state index contributed by atoms with van der Waals surface area (Å²) >= 11 is 0. The smallest absolute Gasteiger partial charge is 0.169 e. The number of fused-ring (bicyclic) bond motifs is 2. The zero-order chi connectivity index (χ0) is 16.1. The zero-order valence-corrected chi connectivity index (χ0v) is 12.4. The van der Waals surface area contributed by atoms with Crippen LogP contribution in [0.2, 0.25) is 0 Å². The van der Waals surface area contributed by atoms with Crippen LogP contribution in [0.1, 0.15) is 25.0 Å². The van der Waals surface area contributed by atoms with E-state index in [0.717, 1.165) is 6.07 Å². The van der Waals surface area contributed by atoms with E-state index < -0.39 is 22.7 Å². The molecule has 114 valence electrons. The fourth-order valence-electron chi connectivity index (χ4n) is 2.88. The zero-order valence-electron chi connectivity index (χ0n) is 12.4. The molecule has 0 spiro atoms. The molecule has 0 saturated heterocycles. The fourth-order valence-corrected chi connectivity index (χ4v) is 2.88. The highest BCUT2D eigenvalue weighted by Crippen LogP contribution is 2.55. The van der Waals surface area contributed by atoms with Gasteiger partial charge in [-0.15, -0.1) is 6.58 Å². The molecule has 1 unspecified atom stereocenters. The van der Waals surface area contributed by atoms with Gasteiger partial charge in [0.15, 0.2) is 11.6 Å². The quantitative estimate of drug-likeness (QED) is 0.827. The number of rotatable bonds is 2. The van der Waals surface area contributed by atoms with Gasteiger partial charge in [-0.25, -0.2) is 8.78 Å². The van der Waals surface area contributed by atoms with Crippen molar-refractivity contribution in [3.63, 3.8) is 0 Å². The third-order valence-corrected chi connectivity index (χ3v) is 4.36. The predicted octanol–water partition coefficient (Wildman–Crippen LogP) is 4.52. The van der Waals surface area contributed by atoms with Crippen LogP contribution in [0.4, 0.5) is 8.78 Å². The van der Waals surface area contributed by atoms with Crippen LogP contribution in [0.3, 0.4) is 0 Å². The molecule has 1 aliphatic rings. The summed E-state index contributed by atoms with van der Waals surface area (Å²) in [6.45, 7) is 7.17. The molecule has 3 rings (SSSR count). The molecule has 0 aliphatic carbocycles. The average Bonchev–Trinajstić information content (AvgIpc) is 2.51. The standard InChI is InChI=1S/C18H16F2O2/c1-4-17(2,3)18(21)11-7-5-6-8-13(11)22-14-10-9-12(19)16(20)15(14)18/h4-10,21H,1H2,2-3H3. The molecule has 4 heteroatoms. The van der Waals surface area contributed by atoms with Gasteiger partial charge in [-0.1, -0.05) is 38.1 Å². The maximum Gasteiger partial charge on any atom is 0.169 e. The maximum absolute atomic E-state index is 14.5. The molecule has 0 radical (unpaired) electrons. The molecule has 22 heavy (non-hydrogen) atoms. The molecular weight excluding hydrogens is 286 g/mol. The van der Waals surface area contributed by atoms with Crippen LogP contribution in [0.15, 0.2) is 49.1 Å². The maximum atomic E-state index is 14.5. The van der Waals surface area contributed by atoms with Crippen molar-refractivity contribution in [2.24, 2.45) is 5.41 Å². The largest absolute Gasteiger partial charge is 0.456 e. The van der Waals surface area contributed by atoms with Gasteiger partial charge in [-0.3, -0.25) is 0 Å². The first-order chi connectivity index (χ1) is 10.3. The van der Waals surface area contributed by atoms with Crippen LogP contribution in [0.5, 0.6) is 11.5 Å². The number of para-hydroxylation sites is 1. The summed E-state index contributed by atoms with van der Waals surface area (Å²) in [5, 5.41) is 11.5. The molecular formula is C18H16F2O2. The van der Waals surface area contributed by atoms with Gasteiger partial charge in [-0.05, 0) is 18.2 Å². The van der Waals surface area contributed by atoms with Crippen molar-refractivity contribution < 1.29 is 18.6 Å². The summed E-state index contributed by atoms with van der Waals surface area (Å²) in [5.74, 6) is -1.61. The van der Waals surface area contributed by atoms with E-state index in [9.17, 15) is 13.9 Å². The number of ether oxygens (including phenoxy) is 1. The van der Waals surface area contributed by atoms with E-state index in [2.05, 4.69) is 6.58 Å². The molecule has 1 aliphatic heterocycles. The SMILES string of the molecule is C=CC(C)(C)C1(O)c2ccccc2Oc2ccc(F)c(F)c21. The van der Waals surface area contributed by atoms with Crippen molar-refractivity contribution >= 4 is 0 Å². The minimum atomic E-state index is -1.79. The molecule has 0 aromatic heterocycles. The Morgan fingerprint density at radius 2 is 1.82 bits per heavy atom. The Labute approximate surface area is 127 Å². The van der Waals surface area contributed by atoms with E-state index in [1.807, 2.05) is 0 Å². The Balaban J connectivity index is 2.43. The molecule has 2 nitrogen and oxygen atoms in total. The van der Waals surface area contributed by atoms with Gasteiger partial charge < -0.3 is 9.84 Å². The number of hydrogen-bond acceptors (Lipinski definition) is 2. The highest BCUT2D eigenvalue weighted by molar-refractivity contribution is 5.58. The first-order valence-corrected chi connectivity index (χ1v) is 6.94. The minimum Gasteiger partial charge on any atom is -0.456 e. The number of aliphatic hydroxyl groups is 1. The van der Waals surface area contributed by atoms with Crippen LogP contribution >= 0.6 is 0 Å². The topological polar surface area (TPSA) is 29.5 Å². The average molecular weight is 302 g/mol. The first-order valence-electron chi connectivity index (χ1n) is 6.94. The lowest BCUT2D eigenvalue weighted by molar-refractivity contribution is -0.0204. The van der Waals surface area contributed by atoms with E-state index in [4.69, 9.17) is 4.74 Å². The molecule has 1 N–H and O–H groups in total. The van der Waals surface area contributed by atoms with Crippen LogP contribution in [0.25, 0.3) is 0 Å². The highest BCUT2D eigenvalue weighted by atomic mass is 19.2. The van der Waals surface area contributed by atoms with E-state index in [1.165, 1.54) is 12.1 Å². The van der Waals surface area contributed by atoms with E-state index in [-0.39, 0.29) is 11.3 Å². The Morgan fingerprint density at radius 3 is 2.50 bits per heavy atom. The van der Waals surface area contributed by atoms with Crippen LogP contribution in [-0.4, -0.2) is 5.11 Å². The third-order valence-electron chi connectivity index (χ3n) is 4.36. The normalized spacial score (nSPS) is 19.9. The van der Waals surface area contributed by atoms with Crippen molar-refractivity contribution in [2.75, 3.05) is 0 Å². The lowest BCUT2D eigenvalue weighted by Gasteiger charge is -2.45. The molecule has 2 aromatic carbocycles. The Bertz CT molecular complexity index is 768. The highest BCUT2D eigenvalue weighted by Gasteiger charge is 2.52. The second-order valence-corrected chi connectivity index (χ2v) is 5.97. The Kier molecular flexibility index (Phi) is 3.11. The summed E-state index contributed by atoms with van der Waals surface area (Å²) in [5.41, 5.74) is -2.55. The lowest BCUT2D eigenvalue weighted by atomic mass is 9.65. The lowest BCUT2D eigenvalue weighted by Crippen LogP contribution is -2.44. The van der Waals surface area contributed by atoms with Crippen molar-refractivity contribution in [1.29, 1.82) is 0 Å². The van der Waals surface area contributed by atoms with Crippen molar-refractivity contribution in [3.05, 3.63) is 71.8 Å². The van der Waals surface area contributed by atoms with E-state index in [1.54, 1.807) is 38.1 Å². The van der Waals surface area contributed by atoms with Crippen LogP contribution in [-0.2, 0) is 5.60 Å². The van der Waals surface area contributed by atoms with Gasteiger partial charge in [0.1, 0.15) is 17.1 Å². The molecule has 0 bridgehead atoms. The third kappa shape index (κ3) is 1.74. The monoisotopic (exact) mass is 302 g/mol. The van der Waals surface area contributed by atoms with Gasteiger partial charge in [0.25, 0.3) is 0 Å². The summed E-state index contributed by atoms with van der Waals surface area (Å²) in [7, 11) is 0. The van der Waals surface area contributed by atoms with Gasteiger partial charge >= 0.3 is 0 Å². The van der Waals surface area contributed by atoms with Crippen LogP contribution in [0, 0.1) is 17.0 Å². The van der Waals surface area contributed by atoms with Crippen molar-refractivity contribution in [2.45, 2.75) is 19.4 Å². The van der Waals surface area contributed by atoms with E-state index >= 15 is 0 Å². The minimum absolute atomic E-state index is 0.107. The summed E-state index contributed by atoms with van der Waals surface area (Å²) in [6, 6.07) is 9.12. The number of hydrogen-bond donors (Lipinski definition) is 1. The second kappa shape index (κ2) is 4.65. The molecule has 2 aromatic rings. The van der Waals surface area contributed by atoms with Gasteiger partial charge in [-0.2, -0.15) is 0 Å². The second-order valence-electron chi connectivity index (χ2n) is 5.97. The Hall–Kier alpha value is -2.20. The van der Waals surface area contributed by atoms with Crippen molar-refractivity contribution in [1.82, 2.24) is 0 Å². The Morgan fingerprint density at radius 1 is 1.14 bits per heavy atom. The van der Waals surface area contributed by atoms with E-state index in [0.29, 0.717) is 11.3 Å². The number of benzene rings is 2.